The first kappa shape index (κ1) is 17.9. The van der Waals surface area contributed by atoms with E-state index in [2.05, 4.69) is 42.6 Å². The highest BCUT2D eigenvalue weighted by Crippen LogP contribution is 2.20. The first-order valence-electron chi connectivity index (χ1n) is 8.84. The number of aromatic nitrogens is 2. The summed E-state index contributed by atoms with van der Waals surface area (Å²) in [4.78, 5) is 11.7. The SMILES string of the molecule is CCCCC(CCCC)N(CCC)c1ncc(CC)cn1. The Morgan fingerprint density at radius 2 is 1.48 bits per heavy atom. The van der Waals surface area contributed by atoms with Gasteiger partial charge in [-0.3, -0.25) is 0 Å². The normalized spacial score (nSPS) is 11.1. The molecule has 0 amide bonds. The average Bonchev–Trinajstić information content (AvgIpc) is 2.53. The fourth-order valence-corrected chi connectivity index (χ4v) is 2.70. The quantitative estimate of drug-likeness (QED) is 0.574. The summed E-state index contributed by atoms with van der Waals surface area (Å²) in [5.74, 6) is 0.922. The van der Waals surface area contributed by atoms with Crippen LogP contribution in [0.25, 0.3) is 0 Å². The van der Waals surface area contributed by atoms with Gasteiger partial charge in [0.1, 0.15) is 0 Å². The molecule has 0 aliphatic heterocycles. The van der Waals surface area contributed by atoms with Crippen LogP contribution in [0.4, 0.5) is 5.95 Å². The van der Waals surface area contributed by atoms with Crippen LogP contribution >= 0.6 is 0 Å². The smallest absolute Gasteiger partial charge is 0.225 e. The molecule has 3 nitrogen and oxygen atoms in total. The molecular formula is C18H33N3. The lowest BCUT2D eigenvalue weighted by Crippen LogP contribution is -2.37. The first-order chi connectivity index (χ1) is 10.3. The van der Waals surface area contributed by atoms with E-state index in [4.69, 9.17) is 0 Å². The predicted molar refractivity (Wildman–Crippen MR) is 91.9 cm³/mol. The molecule has 1 heterocycles. The molecule has 1 aromatic rings. The highest BCUT2D eigenvalue weighted by molar-refractivity contribution is 5.31. The van der Waals surface area contributed by atoms with E-state index in [1.165, 1.54) is 44.1 Å². The molecule has 0 fully saturated rings. The molecule has 0 bridgehead atoms. The number of unbranched alkanes of at least 4 members (excludes halogenated alkanes) is 2. The summed E-state index contributed by atoms with van der Waals surface area (Å²) in [5, 5.41) is 0. The van der Waals surface area contributed by atoms with E-state index >= 15 is 0 Å². The molecule has 0 aromatic carbocycles. The van der Waals surface area contributed by atoms with Crippen molar-refractivity contribution in [2.45, 2.75) is 85.1 Å². The van der Waals surface area contributed by atoms with Crippen LogP contribution in [0.15, 0.2) is 12.4 Å². The van der Waals surface area contributed by atoms with Crippen molar-refractivity contribution < 1.29 is 0 Å². The summed E-state index contributed by atoms with van der Waals surface area (Å²) in [6, 6.07) is 0.595. The maximum Gasteiger partial charge on any atom is 0.225 e. The zero-order chi connectivity index (χ0) is 15.5. The van der Waals surface area contributed by atoms with Crippen molar-refractivity contribution in [1.29, 1.82) is 0 Å². The Labute approximate surface area is 131 Å². The van der Waals surface area contributed by atoms with Crippen molar-refractivity contribution in [2.24, 2.45) is 0 Å². The summed E-state index contributed by atoms with van der Waals surface area (Å²) < 4.78 is 0. The second-order valence-electron chi connectivity index (χ2n) is 5.88. The van der Waals surface area contributed by atoms with Gasteiger partial charge in [-0.1, -0.05) is 53.4 Å². The second kappa shape index (κ2) is 10.6. The molecule has 21 heavy (non-hydrogen) atoms. The third-order valence-electron chi connectivity index (χ3n) is 4.04. The van der Waals surface area contributed by atoms with Gasteiger partial charge in [-0.2, -0.15) is 0 Å². The van der Waals surface area contributed by atoms with Crippen LogP contribution in [-0.2, 0) is 6.42 Å². The standard InChI is InChI=1S/C18H33N3/c1-5-9-11-17(12-10-6-2)21(13-7-3)18-19-14-16(8-4)15-20-18/h14-15,17H,5-13H2,1-4H3. The van der Waals surface area contributed by atoms with Crippen LogP contribution in [0.1, 0.15) is 78.2 Å². The van der Waals surface area contributed by atoms with E-state index in [0.717, 1.165) is 25.3 Å². The van der Waals surface area contributed by atoms with Crippen molar-refractivity contribution in [3.05, 3.63) is 18.0 Å². The highest BCUT2D eigenvalue weighted by atomic mass is 15.3. The Balaban J connectivity index is 2.86. The zero-order valence-electron chi connectivity index (χ0n) is 14.4. The molecular weight excluding hydrogens is 258 g/mol. The van der Waals surface area contributed by atoms with Gasteiger partial charge >= 0.3 is 0 Å². The van der Waals surface area contributed by atoms with E-state index in [9.17, 15) is 0 Å². The minimum absolute atomic E-state index is 0.595. The molecule has 0 N–H and O–H groups in total. The third kappa shape index (κ3) is 6.03. The summed E-state index contributed by atoms with van der Waals surface area (Å²) >= 11 is 0. The van der Waals surface area contributed by atoms with Gasteiger partial charge in [-0.25, -0.2) is 9.97 Å². The molecule has 1 aromatic heterocycles. The zero-order valence-corrected chi connectivity index (χ0v) is 14.4. The molecule has 0 aliphatic carbocycles. The van der Waals surface area contributed by atoms with Crippen molar-refractivity contribution in [3.63, 3.8) is 0 Å². The first-order valence-corrected chi connectivity index (χ1v) is 8.84. The molecule has 0 saturated heterocycles. The fourth-order valence-electron chi connectivity index (χ4n) is 2.70. The van der Waals surface area contributed by atoms with Crippen molar-refractivity contribution in [1.82, 2.24) is 9.97 Å². The minimum Gasteiger partial charge on any atom is -0.338 e. The van der Waals surface area contributed by atoms with Crippen molar-refractivity contribution in [2.75, 3.05) is 11.4 Å². The predicted octanol–water partition coefficient (Wildman–Crippen LogP) is 5.00. The molecule has 0 spiro atoms. The molecule has 3 heteroatoms. The Hall–Kier alpha value is -1.12. The van der Waals surface area contributed by atoms with Crippen LogP contribution in [0.5, 0.6) is 0 Å². The number of aryl methyl sites for hydroxylation is 1. The van der Waals surface area contributed by atoms with Gasteiger partial charge in [-0.15, -0.1) is 0 Å². The van der Waals surface area contributed by atoms with Gasteiger partial charge in [0.15, 0.2) is 0 Å². The summed E-state index contributed by atoms with van der Waals surface area (Å²) in [7, 11) is 0. The molecule has 0 saturated carbocycles. The van der Waals surface area contributed by atoms with E-state index < -0.39 is 0 Å². The van der Waals surface area contributed by atoms with Gasteiger partial charge in [0.2, 0.25) is 5.95 Å². The van der Waals surface area contributed by atoms with Crippen molar-refractivity contribution >= 4 is 5.95 Å². The average molecular weight is 291 g/mol. The lowest BCUT2D eigenvalue weighted by Gasteiger charge is -2.32. The summed E-state index contributed by atoms with van der Waals surface area (Å²) in [5.41, 5.74) is 1.22. The number of hydrogen-bond donors (Lipinski definition) is 0. The Kier molecular flexibility index (Phi) is 9.04. The highest BCUT2D eigenvalue weighted by Gasteiger charge is 2.19. The minimum atomic E-state index is 0.595. The monoisotopic (exact) mass is 291 g/mol. The van der Waals surface area contributed by atoms with E-state index in [1.807, 2.05) is 12.4 Å². The van der Waals surface area contributed by atoms with Crippen LogP contribution in [0.2, 0.25) is 0 Å². The lowest BCUT2D eigenvalue weighted by molar-refractivity contribution is 0.471. The molecule has 0 unspecified atom stereocenters. The molecule has 120 valence electrons. The summed E-state index contributed by atoms with van der Waals surface area (Å²) in [6.07, 6.45) is 13.8. The van der Waals surface area contributed by atoms with Crippen LogP contribution in [-0.4, -0.2) is 22.6 Å². The number of hydrogen-bond acceptors (Lipinski definition) is 3. The summed E-state index contributed by atoms with van der Waals surface area (Å²) in [6.45, 7) is 9.99. The van der Waals surface area contributed by atoms with Gasteiger partial charge in [-0.05, 0) is 31.2 Å². The van der Waals surface area contributed by atoms with Crippen LogP contribution < -0.4 is 4.90 Å². The molecule has 1 rings (SSSR count). The molecule has 0 atom stereocenters. The number of anilines is 1. The van der Waals surface area contributed by atoms with Gasteiger partial charge in [0.25, 0.3) is 0 Å². The third-order valence-corrected chi connectivity index (χ3v) is 4.04. The van der Waals surface area contributed by atoms with Crippen molar-refractivity contribution in [3.8, 4) is 0 Å². The van der Waals surface area contributed by atoms with Gasteiger partial charge in [0, 0.05) is 25.0 Å². The Morgan fingerprint density at radius 1 is 0.905 bits per heavy atom. The van der Waals surface area contributed by atoms with E-state index in [0.29, 0.717) is 6.04 Å². The maximum absolute atomic E-state index is 4.62. The largest absolute Gasteiger partial charge is 0.338 e. The van der Waals surface area contributed by atoms with E-state index in [-0.39, 0.29) is 0 Å². The van der Waals surface area contributed by atoms with Gasteiger partial charge in [0.05, 0.1) is 0 Å². The fraction of sp³-hybridized carbons (Fsp3) is 0.778. The molecule has 0 aliphatic rings. The maximum atomic E-state index is 4.62. The number of nitrogens with zero attached hydrogens (tertiary/aromatic N) is 3. The van der Waals surface area contributed by atoms with Crippen LogP contribution in [0, 0.1) is 0 Å². The Bertz CT molecular complexity index is 353. The van der Waals surface area contributed by atoms with E-state index in [1.54, 1.807) is 0 Å². The van der Waals surface area contributed by atoms with Crippen LogP contribution in [0.3, 0.4) is 0 Å². The Morgan fingerprint density at radius 3 is 1.90 bits per heavy atom. The second-order valence-corrected chi connectivity index (χ2v) is 5.88. The van der Waals surface area contributed by atoms with Gasteiger partial charge < -0.3 is 4.90 Å². The topological polar surface area (TPSA) is 29.0 Å². The number of rotatable bonds is 11. The molecule has 0 radical (unpaired) electrons. The lowest BCUT2D eigenvalue weighted by atomic mass is 10.0.